The molecule has 0 aromatic carbocycles. The number of rotatable bonds is 3. The molecule has 0 spiro atoms. The zero-order valence-electron chi connectivity index (χ0n) is 6.30. The molecule has 0 bridgehead atoms. The third-order valence-corrected chi connectivity index (χ3v) is 2.33. The zero-order valence-corrected chi connectivity index (χ0v) is 6.30. The van der Waals surface area contributed by atoms with Crippen molar-refractivity contribution in [2.45, 2.75) is 26.7 Å². The Morgan fingerprint density at radius 3 is 2.56 bits per heavy atom. The molecule has 1 heteroatoms. The van der Waals surface area contributed by atoms with Crippen LogP contribution in [0.25, 0.3) is 0 Å². The highest BCUT2D eigenvalue weighted by atomic mass is 16.3. The minimum absolute atomic E-state index is 0.383. The van der Waals surface area contributed by atoms with Crippen LogP contribution in [0.5, 0.6) is 0 Å². The predicted octanol–water partition coefficient (Wildman–Crippen LogP) is 1.66. The maximum absolute atomic E-state index is 8.58. The maximum Gasteiger partial charge on any atom is 0.0433 e. The van der Waals surface area contributed by atoms with E-state index in [9.17, 15) is 0 Å². The van der Waals surface area contributed by atoms with Gasteiger partial charge in [-0.2, -0.15) is 0 Å². The van der Waals surface area contributed by atoms with Gasteiger partial charge in [-0.1, -0.05) is 13.8 Å². The molecule has 0 aromatic rings. The smallest absolute Gasteiger partial charge is 0.0433 e. The fraction of sp³-hybridized carbons (Fsp3) is 1.00. The highest BCUT2D eigenvalue weighted by Crippen LogP contribution is 2.45. The number of aliphatic hydroxyl groups is 1. The first-order valence-corrected chi connectivity index (χ1v) is 3.86. The lowest BCUT2D eigenvalue weighted by molar-refractivity contribution is 0.274. The van der Waals surface area contributed by atoms with Gasteiger partial charge in [-0.15, -0.1) is 0 Å². The molecule has 1 N–H and O–H groups in total. The molecule has 0 aromatic heterocycles. The summed E-state index contributed by atoms with van der Waals surface area (Å²) in [5, 5.41) is 8.58. The molecule has 2 atom stereocenters. The first-order valence-electron chi connectivity index (χ1n) is 3.86. The van der Waals surface area contributed by atoms with Crippen molar-refractivity contribution in [3.63, 3.8) is 0 Å². The fourth-order valence-electron chi connectivity index (χ4n) is 1.59. The average molecular weight is 128 g/mol. The average Bonchev–Trinajstić information content (AvgIpc) is 2.47. The lowest BCUT2D eigenvalue weighted by Crippen LogP contribution is -1.94. The highest BCUT2D eigenvalue weighted by Gasteiger charge is 2.37. The van der Waals surface area contributed by atoms with Crippen molar-refractivity contribution in [1.82, 2.24) is 0 Å². The quantitative estimate of drug-likeness (QED) is 0.613. The molecule has 0 amide bonds. The van der Waals surface area contributed by atoms with Crippen LogP contribution in [0.2, 0.25) is 0 Å². The van der Waals surface area contributed by atoms with E-state index in [1.807, 2.05) is 0 Å². The largest absolute Gasteiger partial charge is 0.396 e. The molecule has 0 unspecified atom stereocenters. The lowest BCUT2D eigenvalue weighted by atomic mass is 10.1. The summed E-state index contributed by atoms with van der Waals surface area (Å²) in [4.78, 5) is 0. The second kappa shape index (κ2) is 2.70. The molecule has 1 aliphatic rings. The van der Waals surface area contributed by atoms with Gasteiger partial charge in [-0.05, 0) is 30.6 Å². The van der Waals surface area contributed by atoms with Crippen LogP contribution in [0.1, 0.15) is 26.7 Å². The molecule has 0 radical (unpaired) electrons. The van der Waals surface area contributed by atoms with Crippen LogP contribution >= 0.6 is 0 Å². The van der Waals surface area contributed by atoms with E-state index >= 15 is 0 Å². The Balaban J connectivity index is 2.09. The van der Waals surface area contributed by atoms with Crippen LogP contribution in [0.3, 0.4) is 0 Å². The molecule has 1 nitrogen and oxygen atoms in total. The summed E-state index contributed by atoms with van der Waals surface area (Å²) in [5.41, 5.74) is 0. The Hall–Kier alpha value is -0.0400. The van der Waals surface area contributed by atoms with Gasteiger partial charge in [0.1, 0.15) is 0 Å². The Morgan fingerprint density at radius 1 is 1.56 bits per heavy atom. The normalized spacial score (nSPS) is 33.3. The number of aliphatic hydroxyl groups excluding tert-OH is 1. The summed E-state index contributed by atoms with van der Waals surface area (Å²) in [5.74, 6) is 2.62. The van der Waals surface area contributed by atoms with E-state index in [1.54, 1.807) is 0 Å². The summed E-state index contributed by atoms with van der Waals surface area (Å²) in [7, 11) is 0. The molecule has 0 saturated heterocycles. The van der Waals surface area contributed by atoms with E-state index in [0.717, 1.165) is 24.2 Å². The van der Waals surface area contributed by atoms with E-state index in [0.29, 0.717) is 6.61 Å². The Bertz CT molecular complexity index is 88.6. The SMILES string of the molecule is CC(C)[C@@H]1C[C@@H]1CCO. The molecular formula is C8H16O. The molecule has 0 aliphatic heterocycles. The molecule has 1 fully saturated rings. The van der Waals surface area contributed by atoms with E-state index in [4.69, 9.17) is 5.11 Å². The van der Waals surface area contributed by atoms with Gasteiger partial charge in [0.25, 0.3) is 0 Å². The van der Waals surface area contributed by atoms with E-state index < -0.39 is 0 Å². The molecule has 54 valence electrons. The molecule has 1 aliphatic carbocycles. The lowest BCUT2D eigenvalue weighted by Gasteiger charge is -2.00. The Kier molecular flexibility index (Phi) is 2.12. The van der Waals surface area contributed by atoms with Gasteiger partial charge in [0.15, 0.2) is 0 Å². The summed E-state index contributed by atoms with van der Waals surface area (Å²) in [6.45, 7) is 4.91. The van der Waals surface area contributed by atoms with Crippen LogP contribution in [0.4, 0.5) is 0 Å². The summed E-state index contributed by atoms with van der Waals surface area (Å²) in [6.07, 6.45) is 2.39. The Labute approximate surface area is 57.1 Å². The van der Waals surface area contributed by atoms with Crippen molar-refractivity contribution in [3.05, 3.63) is 0 Å². The molecule has 0 heterocycles. The molecule has 1 rings (SSSR count). The zero-order chi connectivity index (χ0) is 6.85. The highest BCUT2D eigenvalue weighted by molar-refractivity contribution is 4.87. The van der Waals surface area contributed by atoms with Crippen LogP contribution in [0, 0.1) is 17.8 Å². The van der Waals surface area contributed by atoms with Crippen molar-refractivity contribution in [1.29, 1.82) is 0 Å². The van der Waals surface area contributed by atoms with Gasteiger partial charge >= 0.3 is 0 Å². The molecule has 1 saturated carbocycles. The molecule has 9 heavy (non-hydrogen) atoms. The first kappa shape index (κ1) is 7.07. The molecular weight excluding hydrogens is 112 g/mol. The van der Waals surface area contributed by atoms with Crippen molar-refractivity contribution in [2.24, 2.45) is 17.8 Å². The summed E-state index contributed by atoms with van der Waals surface area (Å²) in [6, 6.07) is 0. The van der Waals surface area contributed by atoms with Gasteiger partial charge in [-0.25, -0.2) is 0 Å². The van der Waals surface area contributed by atoms with Crippen LogP contribution < -0.4 is 0 Å². The van der Waals surface area contributed by atoms with Crippen LogP contribution in [0.15, 0.2) is 0 Å². The third-order valence-electron chi connectivity index (χ3n) is 2.33. The second-order valence-corrected chi connectivity index (χ2v) is 3.42. The van der Waals surface area contributed by atoms with Gasteiger partial charge < -0.3 is 5.11 Å². The number of hydrogen-bond acceptors (Lipinski definition) is 1. The van der Waals surface area contributed by atoms with Crippen LogP contribution in [-0.4, -0.2) is 11.7 Å². The summed E-state index contributed by atoms with van der Waals surface area (Å²) < 4.78 is 0. The minimum Gasteiger partial charge on any atom is -0.396 e. The van der Waals surface area contributed by atoms with Crippen molar-refractivity contribution in [3.8, 4) is 0 Å². The fourth-order valence-corrected chi connectivity index (χ4v) is 1.59. The van der Waals surface area contributed by atoms with Crippen LogP contribution in [-0.2, 0) is 0 Å². The second-order valence-electron chi connectivity index (χ2n) is 3.42. The third kappa shape index (κ3) is 1.68. The maximum atomic E-state index is 8.58. The Morgan fingerprint density at radius 2 is 2.22 bits per heavy atom. The predicted molar refractivity (Wildman–Crippen MR) is 38.1 cm³/mol. The van der Waals surface area contributed by atoms with Gasteiger partial charge in [0.2, 0.25) is 0 Å². The van der Waals surface area contributed by atoms with E-state index in [2.05, 4.69) is 13.8 Å². The standard InChI is InChI=1S/C8H16O/c1-6(2)8-5-7(8)3-4-9/h6-9H,3-5H2,1-2H3/t7-,8-/m0/s1. The van der Waals surface area contributed by atoms with Gasteiger partial charge in [0, 0.05) is 6.61 Å². The van der Waals surface area contributed by atoms with E-state index in [1.165, 1.54) is 6.42 Å². The minimum atomic E-state index is 0.383. The van der Waals surface area contributed by atoms with Gasteiger partial charge in [-0.3, -0.25) is 0 Å². The van der Waals surface area contributed by atoms with Crippen molar-refractivity contribution < 1.29 is 5.11 Å². The van der Waals surface area contributed by atoms with E-state index in [-0.39, 0.29) is 0 Å². The van der Waals surface area contributed by atoms with Crippen molar-refractivity contribution in [2.75, 3.05) is 6.61 Å². The summed E-state index contributed by atoms with van der Waals surface area (Å²) >= 11 is 0. The first-order chi connectivity index (χ1) is 4.25. The van der Waals surface area contributed by atoms with Gasteiger partial charge in [0.05, 0.1) is 0 Å². The topological polar surface area (TPSA) is 20.2 Å². The van der Waals surface area contributed by atoms with Crippen molar-refractivity contribution >= 4 is 0 Å². The monoisotopic (exact) mass is 128 g/mol. The number of hydrogen-bond donors (Lipinski definition) is 1.